The van der Waals surface area contributed by atoms with Gasteiger partial charge in [0.05, 0.1) is 28.5 Å². The second-order valence-electron chi connectivity index (χ2n) is 7.29. The number of anilines is 2. The summed E-state index contributed by atoms with van der Waals surface area (Å²) in [6.07, 6.45) is 1.83. The molecule has 0 amide bonds. The van der Waals surface area contributed by atoms with Crippen LogP contribution in [-0.2, 0) is 10.0 Å². The van der Waals surface area contributed by atoms with E-state index in [1.807, 2.05) is 64.3 Å². The van der Waals surface area contributed by atoms with Gasteiger partial charge in [-0.15, -0.1) is 0 Å². The normalized spacial score (nSPS) is 14.3. The Hall–Kier alpha value is -2.80. The lowest BCUT2D eigenvalue weighted by Gasteiger charge is -2.37. The SMILES string of the molecule is Cc1nc(-c2ccc(S(=O)(=O)N3CCN(C)c4cccc(C)c43)c(C)c2)c[nH]1. The lowest BCUT2D eigenvalue weighted by molar-refractivity contribution is 0.588. The molecule has 1 aromatic heterocycles. The quantitative estimate of drug-likeness (QED) is 0.734. The molecule has 1 aliphatic heterocycles. The summed E-state index contributed by atoms with van der Waals surface area (Å²) in [6, 6.07) is 11.3. The molecule has 0 saturated heterocycles. The van der Waals surface area contributed by atoms with E-state index in [4.69, 9.17) is 0 Å². The average Bonchev–Trinajstić information content (AvgIpc) is 3.08. The van der Waals surface area contributed by atoms with Crippen molar-refractivity contribution < 1.29 is 8.42 Å². The summed E-state index contributed by atoms with van der Waals surface area (Å²) < 4.78 is 28.7. The highest BCUT2D eigenvalue weighted by Gasteiger charge is 2.33. The van der Waals surface area contributed by atoms with Gasteiger partial charge >= 0.3 is 0 Å². The van der Waals surface area contributed by atoms with Crippen molar-refractivity contribution in [3.8, 4) is 11.3 Å². The summed E-state index contributed by atoms with van der Waals surface area (Å²) in [5.41, 5.74) is 5.08. The molecule has 2 aromatic carbocycles. The fourth-order valence-corrected chi connectivity index (χ4v) is 5.52. The Balaban J connectivity index is 1.79. The van der Waals surface area contributed by atoms with Crippen LogP contribution in [0.1, 0.15) is 17.0 Å². The third-order valence-electron chi connectivity index (χ3n) is 5.26. The molecule has 0 saturated carbocycles. The molecule has 28 heavy (non-hydrogen) atoms. The Labute approximate surface area is 165 Å². The maximum atomic E-state index is 13.6. The van der Waals surface area contributed by atoms with Crippen LogP contribution in [0.25, 0.3) is 11.3 Å². The van der Waals surface area contributed by atoms with E-state index in [9.17, 15) is 8.42 Å². The van der Waals surface area contributed by atoms with Gasteiger partial charge in [-0.1, -0.05) is 18.2 Å². The number of nitrogens with zero attached hydrogens (tertiary/aromatic N) is 3. The second kappa shape index (κ2) is 6.67. The first kappa shape index (κ1) is 18.6. The maximum Gasteiger partial charge on any atom is 0.264 e. The minimum Gasteiger partial charge on any atom is -0.371 e. The number of aryl methyl sites for hydroxylation is 3. The Kier molecular flexibility index (Phi) is 4.42. The molecular formula is C21H24N4O2S. The van der Waals surface area contributed by atoms with Crippen LogP contribution in [0.3, 0.4) is 0 Å². The molecule has 0 bridgehead atoms. The van der Waals surface area contributed by atoms with Gasteiger partial charge in [-0.05, 0) is 50.1 Å². The van der Waals surface area contributed by atoms with Crippen LogP contribution in [0, 0.1) is 20.8 Å². The summed E-state index contributed by atoms with van der Waals surface area (Å²) >= 11 is 0. The molecule has 1 aliphatic rings. The number of aromatic nitrogens is 2. The van der Waals surface area contributed by atoms with Crippen molar-refractivity contribution in [2.24, 2.45) is 0 Å². The first-order valence-corrected chi connectivity index (χ1v) is 10.7. The number of imidazole rings is 1. The van der Waals surface area contributed by atoms with Gasteiger partial charge in [0.1, 0.15) is 5.82 Å². The van der Waals surface area contributed by atoms with Gasteiger partial charge in [0, 0.05) is 25.4 Å². The predicted molar refractivity (Wildman–Crippen MR) is 112 cm³/mol. The van der Waals surface area contributed by atoms with Gasteiger partial charge < -0.3 is 9.88 Å². The summed E-state index contributed by atoms with van der Waals surface area (Å²) in [5, 5.41) is 0. The van der Waals surface area contributed by atoms with E-state index in [1.165, 1.54) is 0 Å². The largest absolute Gasteiger partial charge is 0.371 e. The number of nitrogens with one attached hydrogen (secondary N) is 1. The third-order valence-corrected chi connectivity index (χ3v) is 7.22. The van der Waals surface area contributed by atoms with Gasteiger partial charge in [-0.2, -0.15) is 0 Å². The number of sulfonamides is 1. The van der Waals surface area contributed by atoms with Crippen LogP contribution >= 0.6 is 0 Å². The molecule has 0 fully saturated rings. The molecule has 0 aliphatic carbocycles. The van der Waals surface area contributed by atoms with E-state index in [2.05, 4.69) is 14.9 Å². The number of likely N-dealkylation sites (N-methyl/N-ethyl adjacent to an activating group) is 1. The Morgan fingerprint density at radius 2 is 1.82 bits per heavy atom. The van der Waals surface area contributed by atoms with E-state index >= 15 is 0 Å². The summed E-state index contributed by atoms with van der Waals surface area (Å²) in [5.74, 6) is 0.828. The number of aromatic amines is 1. The zero-order valence-electron chi connectivity index (χ0n) is 16.5. The summed E-state index contributed by atoms with van der Waals surface area (Å²) in [6.45, 7) is 6.76. The molecule has 4 rings (SSSR count). The highest BCUT2D eigenvalue weighted by molar-refractivity contribution is 7.93. The molecular weight excluding hydrogens is 372 g/mol. The minimum atomic E-state index is -3.67. The molecule has 2 heterocycles. The standard InChI is InChI=1S/C21H24N4O2S/c1-14-6-5-7-19-21(14)25(11-10-24(19)4)28(26,27)20-9-8-17(12-15(20)2)18-13-22-16(3)23-18/h5-9,12-13H,10-11H2,1-4H3,(H,22,23). The number of hydrogen-bond acceptors (Lipinski definition) is 4. The molecule has 0 unspecified atom stereocenters. The summed E-state index contributed by atoms with van der Waals surface area (Å²) in [4.78, 5) is 9.93. The zero-order valence-corrected chi connectivity index (χ0v) is 17.3. The fraction of sp³-hybridized carbons (Fsp3) is 0.286. The second-order valence-corrected chi connectivity index (χ2v) is 9.12. The summed E-state index contributed by atoms with van der Waals surface area (Å²) in [7, 11) is -1.67. The first-order chi connectivity index (χ1) is 13.3. The van der Waals surface area contributed by atoms with Crippen molar-refractivity contribution >= 4 is 21.4 Å². The number of rotatable bonds is 3. The Bertz CT molecular complexity index is 1150. The smallest absolute Gasteiger partial charge is 0.264 e. The van der Waals surface area contributed by atoms with E-state index in [0.717, 1.165) is 34.0 Å². The molecule has 6 nitrogen and oxygen atoms in total. The van der Waals surface area contributed by atoms with Crippen LogP contribution in [0.15, 0.2) is 47.5 Å². The number of para-hydroxylation sites is 1. The van der Waals surface area contributed by atoms with Crippen LogP contribution in [0.5, 0.6) is 0 Å². The topological polar surface area (TPSA) is 69.3 Å². The Morgan fingerprint density at radius 1 is 1.04 bits per heavy atom. The van der Waals surface area contributed by atoms with E-state index in [0.29, 0.717) is 23.5 Å². The van der Waals surface area contributed by atoms with Gasteiger partial charge in [-0.3, -0.25) is 4.31 Å². The lowest BCUT2D eigenvalue weighted by atomic mass is 10.1. The maximum absolute atomic E-state index is 13.6. The van der Waals surface area contributed by atoms with Crippen LogP contribution < -0.4 is 9.21 Å². The number of fused-ring (bicyclic) bond motifs is 1. The molecule has 3 aromatic rings. The van der Waals surface area contributed by atoms with Crippen LogP contribution in [0.4, 0.5) is 11.4 Å². The van der Waals surface area contributed by atoms with Gasteiger partial charge in [0.25, 0.3) is 10.0 Å². The van der Waals surface area contributed by atoms with Gasteiger partial charge in [0.15, 0.2) is 0 Å². The van der Waals surface area contributed by atoms with Gasteiger partial charge in [-0.25, -0.2) is 13.4 Å². The molecule has 146 valence electrons. The van der Waals surface area contributed by atoms with Crippen molar-refractivity contribution in [1.82, 2.24) is 9.97 Å². The monoisotopic (exact) mass is 396 g/mol. The number of benzene rings is 2. The molecule has 0 atom stereocenters. The highest BCUT2D eigenvalue weighted by Crippen LogP contribution is 2.39. The molecule has 7 heteroatoms. The van der Waals surface area contributed by atoms with E-state index in [-0.39, 0.29) is 0 Å². The van der Waals surface area contributed by atoms with E-state index in [1.54, 1.807) is 10.4 Å². The lowest BCUT2D eigenvalue weighted by Crippen LogP contribution is -2.43. The van der Waals surface area contributed by atoms with Crippen molar-refractivity contribution in [1.29, 1.82) is 0 Å². The van der Waals surface area contributed by atoms with Crippen LogP contribution in [-0.4, -0.2) is 38.5 Å². The van der Waals surface area contributed by atoms with Crippen LogP contribution in [0.2, 0.25) is 0 Å². The van der Waals surface area contributed by atoms with Gasteiger partial charge in [0.2, 0.25) is 0 Å². The van der Waals surface area contributed by atoms with Crippen molar-refractivity contribution in [3.05, 3.63) is 59.5 Å². The molecule has 1 N–H and O–H groups in total. The minimum absolute atomic E-state index is 0.335. The zero-order chi connectivity index (χ0) is 20.1. The molecule has 0 radical (unpaired) electrons. The van der Waals surface area contributed by atoms with Crippen molar-refractivity contribution in [2.75, 3.05) is 29.3 Å². The third kappa shape index (κ3) is 2.96. The van der Waals surface area contributed by atoms with E-state index < -0.39 is 10.0 Å². The number of H-pyrrole nitrogens is 1. The predicted octanol–water partition coefficient (Wildman–Crippen LogP) is 3.65. The Morgan fingerprint density at radius 3 is 2.50 bits per heavy atom. The van der Waals surface area contributed by atoms with Crippen molar-refractivity contribution in [3.63, 3.8) is 0 Å². The highest BCUT2D eigenvalue weighted by atomic mass is 32.2. The molecule has 0 spiro atoms. The fourth-order valence-electron chi connectivity index (χ4n) is 3.77. The number of hydrogen-bond donors (Lipinski definition) is 1. The van der Waals surface area contributed by atoms with Crippen molar-refractivity contribution in [2.45, 2.75) is 25.7 Å². The first-order valence-electron chi connectivity index (χ1n) is 9.25. The average molecular weight is 397 g/mol.